The number of fused-ring (bicyclic) bond motifs is 2. The first-order chi connectivity index (χ1) is 18.2. The van der Waals surface area contributed by atoms with Crippen LogP contribution in [-0.2, 0) is 0 Å². The number of hydrogen-bond donors (Lipinski definition) is 2. The minimum absolute atomic E-state index is 0.192. The largest absolute Gasteiger partial charge is 0.489 e. The molecule has 0 spiro atoms. The summed E-state index contributed by atoms with van der Waals surface area (Å²) in [6.45, 7) is 0. The molecule has 2 N–H and O–H groups in total. The van der Waals surface area contributed by atoms with Gasteiger partial charge in [0.2, 0.25) is 0 Å². The van der Waals surface area contributed by atoms with Gasteiger partial charge in [0.1, 0.15) is 11.4 Å². The smallest absolute Gasteiger partial charge is 0.176 e. The summed E-state index contributed by atoms with van der Waals surface area (Å²) in [6.07, 6.45) is 11.7. The Labute approximate surface area is 216 Å². The van der Waals surface area contributed by atoms with E-state index < -0.39 is 0 Å². The average molecular weight is 510 g/mol. The standard InChI is InChI=1S/C29H24FN5OS/c30-27-10-9-26(37-27)21-7-4-8-24-22(21)13-25(33-24)28-23-12-18(15-32-29(23)35-34-28)17-11-20(16-31-14-17)36-19-5-2-1-3-6-19/h4,7-16,19,33H,1-3,5-6H2,(H,32,34,35). The molecular formula is C29H24FN5OS. The van der Waals surface area contributed by atoms with Crippen molar-refractivity contribution >= 4 is 33.3 Å². The van der Waals surface area contributed by atoms with E-state index in [1.165, 1.54) is 25.3 Å². The van der Waals surface area contributed by atoms with Crippen LogP contribution < -0.4 is 4.74 Å². The molecular weight excluding hydrogens is 485 g/mol. The van der Waals surface area contributed by atoms with Crippen molar-refractivity contribution in [3.05, 3.63) is 72.3 Å². The van der Waals surface area contributed by atoms with Crippen LogP contribution in [0.4, 0.5) is 4.39 Å². The van der Waals surface area contributed by atoms with Gasteiger partial charge < -0.3 is 9.72 Å². The summed E-state index contributed by atoms with van der Waals surface area (Å²) in [7, 11) is 0. The molecule has 0 bridgehead atoms. The maximum absolute atomic E-state index is 13.7. The van der Waals surface area contributed by atoms with Crippen molar-refractivity contribution in [2.45, 2.75) is 38.2 Å². The van der Waals surface area contributed by atoms with Crippen LogP contribution in [0.2, 0.25) is 0 Å². The van der Waals surface area contributed by atoms with Crippen LogP contribution in [-0.4, -0.2) is 31.3 Å². The molecule has 1 saturated carbocycles. The molecule has 1 fully saturated rings. The van der Waals surface area contributed by atoms with E-state index in [2.05, 4.69) is 37.3 Å². The predicted molar refractivity (Wildman–Crippen MR) is 145 cm³/mol. The first-order valence-electron chi connectivity index (χ1n) is 12.6. The topological polar surface area (TPSA) is 79.5 Å². The molecule has 1 aliphatic carbocycles. The molecule has 7 rings (SSSR count). The molecule has 5 aromatic heterocycles. The Bertz CT molecular complexity index is 1730. The van der Waals surface area contributed by atoms with Crippen molar-refractivity contribution < 1.29 is 9.13 Å². The van der Waals surface area contributed by atoms with Crippen molar-refractivity contribution in [2.75, 3.05) is 0 Å². The number of rotatable bonds is 5. The van der Waals surface area contributed by atoms with Crippen LogP contribution in [0, 0.1) is 5.13 Å². The molecule has 0 saturated heterocycles. The van der Waals surface area contributed by atoms with Crippen LogP contribution in [0.5, 0.6) is 5.75 Å². The lowest BCUT2D eigenvalue weighted by Crippen LogP contribution is -2.19. The Morgan fingerprint density at radius 3 is 2.68 bits per heavy atom. The monoisotopic (exact) mass is 509 g/mol. The second-order valence-electron chi connectivity index (χ2n) is 9.53. The zero-order chi connectivity index (χ0) is 24.8. The second-order valence-corrected chi connectivity index (χ2v) is 10.6. The van der Waals surface area contributed by atoms with Gasteiger partial charge in [-0.1, -0.05) is 18.6 Å². The SMILES string of the molecule is Fc1ccc(-c2cccc3[nH]c(-c4n[nH]c5ncc(-c6cncc(OC7CCCCC7)c6)cc45)cc23)s1. The molecule has 0 unspecified atom stereocenters. The van der Waals surface area contributed by atoms with Gasteiger partial charge in [0.25, 0.3) is 0 Å². The first kappa shape index (κ1) is 22.2. The molecule has 0 aliphatic heterocycles. The van der Waals surface area contributed by atoms with Gasteiger partial charge in [0.05, 0.1) is 18.0 Å². The minimum atomic E-state index is -0.192. The van der Waals surface area contributed by atoms with Crippen molar-refractivity contribution in [3.63, 3.8) is 0 Å². The number of pyridine rings is 2. The number of ether oxygens (including phenoxy) is 1. The summed E-state index contributed by atoms with van der Waals surface area (Å²) >= 11 is 1.15. The highest BCUT2D eigenvalue weighted by molar-refractivity contribution is 7.14. The Morgan fingerprint density at radius 2 is 1.81 bits per heavy atom. The number of aromatic nitrogens is 5. The average Bonchev–Trinajstić information content (AvgIpc) is 3.66. The second kappa shape index (κ2) is 9.12. The van der Waals surface area contributed by atoms with Crippen LogP contribution in [0.3, 0.4) is 0 Å². The van der Waals surface area contributed by atoms with Crippen molar-refractivity contribution in [3.8, 4) is 38.7 Å². The summed E-state index contributed by atoms with van der Waals surface area (Å²) in [5.74, 6) is 0.796. The molecule has 0 radical (unpaired) electrons. The lowest BCUT2D eigenvalue weighted by atomic mass is 9.98. The Morgan fingerprint density at radius 1 is 0.919 bits per heavy atom. The van der Waals surface area contributed by atoms with Crippen LogP contribution in [0.15, 0.2) is 67.1 Å². The number of nitrogens with zero attached hydrogens (tertiary/aromatic N) is 3. The number of thiophene rings is 1. The first-order valence-corrected chi connectivity index (χ1v) is 13.4. The van der Waals surface area contributed by atoms with Gasteiger partial charge in [-0.15, -0.1) is 11.3 Å². The van der Waals surface area contributed by atoms with Gasteiger partial charge in [0, 0.05) is 50.3 Å². The number of halogens is 1. The van der Waals surface area contributed by atoms with Crippen molar-refractivity contribution in [2.24, 2.45) is 0 Å². The third-order valence-electron chi connectivity index (χ3n) is 7.08. The highest BCUT2D eigenvalue weighted by atomic mass is 32.1. The number of nitrogens with one attached hydrogen (secondary N) is 2. The molecule has 1 aromatic carbocycles. The lowest BCUT2D eigenvalue weighted by Gasteiger charge is -2.23. The highest BCUT2D eigenvalue weighted by Crippen LogP contribution is 2.37. The summed E-state index contributed by atoms with van der Waals surface area (Å²) in [4.78, 5) is 13.5. The van der Waals surface area contributed by atoms with E-state index in [1.54, 1.807) is 6.20 Å². The van der Waals surface area contributed by atoms with Crippen molar-refractivity contribution in [1.29, 1.82) is 0 Å². The molecule has 6 nitrogen and oxygen atoms in total. The molecule has 184 valence electrons. The van der Waals surface area contributed by atoms with E-state index in [0.717, 1.165) is 79.2 Å². The maximum Gasteiger partial charge on any atom is 0.176 e. The normalized spacial score (nSPS) is 14.5. The van der Waals surface area contributed by atoms with Gasteiger partial charge in [-0.2, -0.15) is 9.49 Å². The molecule has 6 aromatic rings. The van der Waals surface area contributed by atoms with E-state index in [-0.39, 0.29) is 11.2 Å². The molecule has 0 atom stereocenters. The molecule has 0 amide bonds. The number of benzene rings is 1. The quantitative estimate of drug-likeness (QED) is 0.249. The van der Waals surface area contributed by atoms with E-state index in [4.69, 9.17) is 4.74 Å². The fourth-order valence-corrected chi connectivity index (χ4v) is 6.01. The maximum atomic E-state index is 13.7. The van der Waals surface area contributed by atoms with Gasteiger partial charge in [0.15, 0.2) is 10.8 Å². The third kappa shape index (κ3) is 4.17. The number of aromatic amines is 2. The van der Waals surface area contributed by atoms with Gasteiger partial charge >= 0.3 is 0 Å². The van der Waals surface area contributed by atoms with E-state index >= 15 is 0 Å². The van der Waals surface area contributed by atoms with Crippen molar-refractivity contribution in [1.82, 2.24) is 25.1 Å². The van der Waals surface area contributed by atoms with Crippen LogP contribution in [0.1, 0.15) is 32.1 Å². The Balaban J connectivity index is 1.26. The summed E-state index contributed by atoms with van der Waals surface area (Å²) in [6, 6.07) is 15.5. The van der Waals surface area contributed by atoms with E-state index in [9.17, 15) is 4.39 Å². The van der Waals surface area contributed by atoms with Crippen LogP contribution in [0.25, 0.3) is 54.9 Å². The Hall–Kier alpha value is -4.04. The fraction of sp³-hybridized carbons (Fsp3) is 0.207. The Kier molecular flexibility index (Phi) is 5.47. The molecule has 1 aliphatic rings. The predicted octanol–water partition coefficient (Wildman–Crippen LogP) is 7.75. The fourth-order valence-electron chi connectivity index (χ4n) is 5.24. The minimum Gasteiger partial charge on any atom is -0.489 e. The zero-order valence-corrected chi connectivity index (χ0v) is 20.8. The third-order valence-corrected chi connectivity index (χ3v) is 7.98. The molecule has 37 heavy (non-hydrogen) atoms. The molecule has 5 heterocycles. The summed E-state index contributed by atoms with van der Waals surface area (Å²) < 4.78 is 20.0. The lowest BCUT2D eigenvalue weighted by molar-refractivity contribution is 0.154. The molecule has 8 heteroatoms. The van der Waals surface area contributed by atoms with Gasteiger partial charge in [-0.05, 0) is 62.1 Å². The number of H-pyrrole nitrogens is 2. The van der Waals surface area contributed by atoms with Crippen LogP contribution >= 0.6 is 11.3 Å². The van der Waals surface area contributed by atoms with E-state index in [1.807, 2.05) is 42.7 Å². The van der Waals surface area contributed by atoms with E-state index in [0.29, 0.717) is 5.65 Å². The summed E-state index contributed by atoms with van der Waals surface area (Å²) in [5.41, 5.74) is 6.23. The van der Waals surface area contributed by atoms with Gasteiger partial charge in [-0.25, -0.2) is 4.98 Å². The zero-order valence-electron chi connectivity index (χ0n) is 20.0. The highest BCUT2D eigenvalue weighted by Gasteiger charge is 2.17. The summed E-state index contributed by atoms with van der Waals surface area (Å²) in [5, 5.41) is 9.38. The number of hydrogen-bond acceptors (Lipinski definition) is 5. The van der Waals surface area contributed by atoms with Gasteiger partial charge in [-0.3, -0.25) is 10.1 Å².